The molecule has 23 heavy (non-hydrogen) atoms. The fourth-order valence-electron chi connectivity index (χ4n) is 1.91. The molecule has 0 aliphatic carbocycles. The third-order valence-corrected chi connectivity index (χ3v) is 2.96. The second kappa shape index (κ2) is 7.44. The monoisotopic (exact) mass is 316 g/mol. The molecule has 7 heteroatoms. The summed E-state index contributed by atoms with van der Waals surface area (Å²) in [6.07, 6.45) is 1.53. The molecule has 2 aromatic rings. The van der Waals surface area contributed by atoms with Gasteiger partial charge in [-0.1, -0.05) is 0 Å². The van der Waals surface area contributed by atoms with Crippen molar-refractivity contribution >= 4 is 17.5 Å². The number of hydrogen-bond acceptors (Lipinski definition) is 6. The highest BCUT2D eigenvalue weighted by Crippen LogP contribution is 2.30. The number of benzene rings is 1. The molecule has 0 bridgehead atoms. The van der Waals surface area contributed by atoms with Crippen LogP contribution < -0.4 is 20.1 Å². The molecule has 7 nitrogen and oxygen atoms in total. The Hall–Kier alpha value is -2.83. The highest BCUT2D eigenvalue weighted by atomic mass is 16.5. The van der Waals surface area contributed by atoms with E-state index in [4.69, 9.17) is 9.47 Å². The van der Waals surface area contributed by atoms with Crippen molar-refractivity contribution in [2.24, 2.45) is 0 Å². The number of methoxy groups -OCH3 is 2. The Morgan fingerprint density at radius 3 is 2.61 bits per heavy atom. The number of anilines is 2. The average molecular weight is 316 g/mol. The van der Waals surface area contributed by atoms with Crippen molar-refractivity contribution in [3.63, 3.8) is 0 Å². The molecule has 0 aliphatic heterocycles. The van der Waals surface area contributed by atoms with Crippen LogP contribution in [0.2, 0.25) is 0 Å². The van der Waals surface area contributed by atoms with E-state index in [0.29, 0.717) is 23.1 Å². The highest BCUT2D eigenvalue weighted by molar-refractivity contribution is 5.92. The van der Waals surface area contributed by atoms with Gasteiger partial charge in [-0.3, -0.25) is 4.79 Å². The van der Waals surface area contributed by atoms with Crippen molar-refractivity contribution in [2.75, 3.05) is 19.5 Å². The quantitative estimate of drug-likeness (QED) is 0.851. The minimum atomic E-state index is -0.247. The molecule has 1 aromatic carbocycles. The van der Waals surface area contributed by atoms with Crippen LogP contribution in [0.1, 0.15) is 24.3 Å². The van der Waals surface area contributed by atoms with Crippen molar-refractivity contribution in [2.45, 2.75) is 19.9 Å². The van der Waals surface area contributed by atoms with Crippen LogP contribution in [0.15, 0.2) is 30.5 Å². The summed E-state index contributed by atoms with van der Waals surface area (Å²) in [6.45, 7) is 3.78. The molecular weight excluding hydrogens is 296 g/mol. The molecule has 0 atom stereocenters. The molecule has 1 aromatic heterocycles. The van der Waals surface area contributed by atoms with Gasteiger partial charge in [0.05, 0.1) is 19.9 Å². The Balaban J connectivity index is 2.25. The van der Waals surface area contributed by atoms with Gasteiger partial charge < -0.3 is 20.1 Å². The maximum Gasteiger partial charge on any atom is 0.270 e. The number of carbonyl (C=O) groups is 1. The minimum Gasteiger partial charge on any atom is -0.497 e. The van der Waals surface area contributed by atoms with E-state index >= 15 is 0 Å². The first-order valence-corrected chi connectivity index (χ1v) is 7.16. The third kappa shape index (κ3) is 4.32. The van der Waals surface area contributed by atoms with E-state index in [1.54, 1.807) is 38.5 Å². The average Bonchev–Trinajstić information content (AvgIpc) is 2.54. The molecular formula is C16H20N4O3. The van der Waals surface area contributed by atoms with E-state index < -0.39 is 0 Å². The van der Waals surface area contributed by atoms with Crippen LogP contribution in [-0.2, 0) is 0 Å². The van der Waals surface area contributed by atoms with Crippen molar-refractivity contribution in [3.05, 3.63) is 36.2 Å². The molecule has 2 N–H and O–H groups in total. The zero-order valence-corrected chi connectivity index (χ0v) is 13.6. The molecule has 0 saturated carbocycles. The Morgan fingerprint density at radius 2 is 1.96 bits per heavy atom. The largest absolute Gasteiger partial charge is 0.497 e. The lowest BCUT2D eigenvalue weighted by molar-refractivity contribution is 0.0938. The summed E-state index contributed by atoms with van der Waals surface area (Å²) in [7, 11) is 3.15. The summed E-state index contributed by atoms with van der Waals surface area (Å²) in [5.41, 5.74) is 0.936. The smallest absolute Gasteiger partial charge is 0.270 e. The van der Waals surface area contributed by atoms with E-state index in [1.165, 1.54) is 6.20 Å². The molecule has 0 unspecified atom stereocenters. The van der Waals surface area contributed by atoms with Gasteiger partial charge in [0.2, 0.25) is 5.95 Å². The summed E-state index contributed by atoms with van der Waals surface area (Å²) in [5.74, 6) is 1.34. The normalized spacial score (nSPS) is 10.3. The SMILES string of the molecule is COc1ccc(OC)c(Nc2nccc(C(=O)NC(C)C)n2)c1. The number of carbonyl (C=O) groups excluding carboxylic acids is 1. The molecule has 0 radical (unpaired) electrons. The van der Waals surface area contributed by atoms with Crippen molar-refractivity contribution in [1.82, 2.24) is 15.3 Å². The number of amides is 1. The zero-order valence-electron chi connectivity index (χ0n) is 13.6. The van der Waals surface area contributed by atoms with Gasteiger partial charge in [-0.05, 0) is 32.0 Å². The molecule has 0 fully saturated rings. The molecule has 2 rings (SSSR count). The molecule has 0 spiro atoms. The molecule has 0 aliphatic rings. The van der Waals surface area contributed by atoms with Crippen LogP contribution in [0.25, 0.3) is 0 Å². The molecule has 1 amide bonds. The predicted octanol–water partition coefficient (Wildman–Crippen LogP) is 2.38. The topological polar surface area (TPSA) is 85.4 Å². The molecule has 122 valence electrons. The molecule has 1 heterocycles. The van der Waals surface area contributed by atoms with Crippen LogP contribution in [-0.4, -0.2) is 36.1 Å². The maximum absolute atomic E-state index is 12.0. The van der Waals surface area contributed by atoms with Crippen LogP contribution in [0.5, 0.6) is 11.5 Å². The Kier molecular flexibility index (Phi) is 5.35. The number of rotatable bonds is 6. The fraction of sp³-hybridized carbons (Fsp3) is 0.312. The summed E-state index contributed by atoms with van der Waals surface area (Å²) in [4.78, 5) is 20.4. The summed E-state index contributed by atoms with van der Waals surface area (Å²) >= 11 is 0. The standard InChI is InChI=1S/C16H20N4O3/c1-10(2)18-15(21)12-7-8-17-16(19-12)20-13-9-11(22-3)5-6-14(13)23-4/h5-10H,1-4H3,(H,18,21)(H,17,19,20). The Morgan fingerprint density at radius 1 is 1.17 bits per heavy atom. The van der Waals surface area contributed by atoms with Crippen molar-refractivity contribution < 1.29 is 14.3 Å². The number of nitrogens with one attached hydrogen (secondary N) is 2. The zero-order chi connectivity index (χ0) is 16.8. The predicted molar refractivity (Wildman–Crippen MR) is 87.5 cm³/mol. The van der Waals surface area contributed by atoms with Gasteiger partial charge in [-0.25, -0.2) is 9.97 Å². The fourth-order valence-corrected chi connectivity index (χ4v) is 1.91. The van der Waals surface area contributed by atoms with Gasteiger partial charge in [0, 0.05) is 18.3 Å². The van der Waals surface area contributed by atoms with Crippen LogP contribution >= 0.6 is 0 Å². The van der Waals surface area contributed by atoms with E-state index in [9.17, 15) is 4.79 Å². The van der Waals surface area contributed by atoms with Gasteiger partial charge in [0.1, 0.15) is 17.2 Å². The van der Waals surface area contributed by atoms with E-state index in [1.807, 2.05) is 13.8 Å². The second-order valence-corrected chi connectivity index (χ2v) is 5.08. The van der Waals surface area contributed by atoms with Crippen molar-refractivity contribution in [3.8, 4) is 11.5 Å². The van der Waals surface area contributed by atoms with Gasteiger partial charge in [0.25, 0.3) is 5.91 Å². The van der Waals surface area contributed by atoms with Crippen LogP contribution in [0.4, 0.5) is 11.6 Å². The minimum absolute atomic E-state index is 0.0346. The number of hydrogen-bond donors (Lipinski definition) is 2. The van der Waals surface area contributed by atoms with Crippen LogP contribution in [0.3, 0.4) is 0 Å². The Bertz CT molecular complexity index is 689. The third-order valence-electron chi connectivity index (χ3n) is 2.96. The Labute approximate surface area is 135 Å². The highest BCUT2D eigenvalue weighted by Gasteiger charge is 2.11. The summed E-state index contributed by atoms with van der Waals surface area (Å²) < 4.78 is 10.5. The first kappa shape index (κ1) is 16.5. The van der Waals surface area contributed by atoms with Gasteiger partial charge in [-0.2, -0.15) is 0 Å². The number of aromatic nitrogens is 2. The second-order valence-electron chi connectivity index (χ2n) is 5.08. The first-order chi connectivity index (χ1) is 11.0. The number of ether oxygens (including phenoxy) is 2. The van der Waals surface area contributed by atoms with Gasteiger partial charge in [-0.15, -0.1) is 0 Å². The first-order valence-electron chi connectivity index (χ1n) is 7.16. The van der Waals surface area contributed by atoms with Crippen LogP contribution in [0, 0.1) is 0 Å². The van der Waals surface area contributed by atoms with E-state index in [0.717, 1.165) is 0 Å². The van der Waals surface area contributed by atoms with Gasteiger partial charge in [0.15, 0.2) is 0 Å². The molecule has 0 saturated heterocycles. The lowest BCUT2D eigenvalue weighted by Crippen LogP contribution is -2.30. The van der Waals surface area contributed by atoms with E-state index in [-0.39, 0.29) is 17.6 Å². The lowest BCUT2D eigenvalue weighted by Gasteiger charge is -2.12. The lowest BCUT2D eigenvalue weighted by atomic mass is 10.2. The maximum atomic E-state index is 12.0. The van der Waals surface area contributed by atoms with Crippen molar-refractivity contribution in [1.29, 1.82) is 0 Å². The summed E-state index contributed by atoms with van der Waals surface area (Å²) in [6, 6.07) is 6.93. The van der Waals surface area contributed by atoms with E-state index in [2.05, 4.69) is 20.6 Å². The summed E-state index contributed by atoms with van der Waals surface area (Å²) in [5, 5.41) is 5.83. The number of nitrogens with zero attached hydrogens (tertiary/aromatic N) is 2. The van der Waals surface area contributed by atoms with Gasteiger partial charge >= 0.3 is 0 Å².